The molecule has 2 aliphatic heterocycles. The van der Waals surface area contributed by atoms with E-state index in [2.05, 4.69) is 10.4 Å². The predicted molar refractivity (Wildman–Crippen MR) is 112 cm³/mol. The Balaban J connectivity index is 1.58. The van der Waals surface area contributed by atoms with Crippen molar-refractivity contribution in [1.29, 1.82) is 0 Å². The number of hydrazine groups is 1. The van der Waals surface area contributed by atoms with Crippen LogP contribution >= 0.6 is 0 Å². The molecule has 0 spiro atoms. The number of nitrogens with one attached hydrogen (secondary N) is 5. The minimum absolute atomic E-state index is 0.0806. The summed E-state index contributed by atoms with van der Waals surface area (Å²) < 4.78 is 27.0. The van der Waals surface area contributed by atoms with Gasteiger partial charge in [0.15, 0.2) is 5.75 Å². The Morgan fingerprint density at radius 3 is 2.25 bits per heavy atom. The van der Waals surface area contributed by atoms with Crippen LogP contribution in [0.3, 0.4) is 0 Å². The maximum absolute atomic E-state index is 12.6. The van der Waals surface area contributed by atoms with Crippen molar-refractivity contribution < 1.29 is 47.4 Å². The van der Waals surface area contributed by atoms with Crippen molar-refractivity contribution in [3.05, 3.63) is 28.2 Å². The smallest absolute Gasteiger partial charge is 0.405 e. The van der Waals surface area contributed by atoms with Gasteiger partial charge < -0.3 is 20.5 Å². The summed E-state index contributed by atoms with van der Waals surface area (Å²) in [6, 6.07) is -4.57. The van der Waals surface area contributed by atoms with Crippen LogP contribution in [0.1, 0.15) is 16.9 Å². The van der Waals surface area contributed by atoms with E-state index in [1.54, 1.807) is 0 Å². The molecule has 20 heteroatoms. The lowest BCUT2D eigenvalue weighted by molar-refractivity contribution is -0.138. The number of carboxylic acid groups (broad SMARTS) is 1. The molecule has 19 nitrogen and oxygen atoms in total. The van der Waals surface area contributed by atoms with Gasteiger partial charge in [-0.1, -0.05) is 0 Å². The Bertz CT molecular complexity index is 1310. The summed E-state index contributed by atoms with van der Waals surface area (Å²) in [5, 5.41) is 20.3. The summed E-state index contributed by atoms with van der Waals surface area (Å²) in [6.45, 7) is -0.793. The van der Waals surface area contributed by atoms with Gasteiger partial charge in [-0.25, -0.2) is 38.5 Å². The zero-order valence-electron chi connectivity index (χ0n) is 17.9. The second kappa shape index (κ2) is 9.77. The van der Waals surface area contributed by atoms with Crippen molar-refractivity contribution in [1.82, 2.24) is 40.0 Å². The number of nitrogens with zero attached hydrogens (tertiary/aromatic N) is 3. The second-order valence-corrected chi connectivity index (χ2v) is 8.66. The molecule has 7 N–H and O–H groups in total. The molecule has 0 bridgehead atoms. The Hall–Kier alpha value is -4.88. The van der Waals surface area contributed by atoms with Crippen LogP contribution in [0.15, 0.2) is 17.1 Å². The van der Waals surface area contributed by atoms with Gasteiger partial charge in [0.1, 0.15) is 11.7 Å². The molecule has 1 aromatic rings. The molecular formula is C16H18N8O11S. The quantitative estimate of drug-likeness (QED) is 0.188. The molecule has 1 aromatic heterocycles. The third kappa shape index (κ3) is 5.60. The zero-order chi connectivity index (χ0) is 26.8. The number of H-pyrrole nitrogens is 1. The zero-order valence-corrected chi connectivity index (χ0v) is 18.7. The van der Waals surface area contributed by atoms with Crippen LogP contribution in [-0.4, -0.2) is 100 Å². The predicted octanol–water partition coefficient (Wildman–Crippen LogP) is -3.00. The number of hydrogen-bond donors (Lipinski definition) is 7. The molecule has 194 valence electrons. The highest BCUT2D eigenvalue weighted by Gasteiger charge is 2.43. The second-order valence-electron chi connectivity index (χ2n) is 7.25. The van der Waals surface area contributed by atoms with E-state index in [9.17, 15) is 47.1 Å². The summed E-state index contributed by atoms with van der Waals surface area (Å²) in [6.07, 6.45) is -0.579. The topological polar surface area (TPSA) is 268 Å². The van der Waals surface area contributed by atoms with E-state index in [-0.39, 0.29) is 25.2 Å². The van der Waals surface area contributed by atoms with Gasteiger partial charge in [0.2, 0.25) is 5.43 Å². The monoisotopic (exact) mass is 530 g/mol. The van der Waals surface area contributed by atoms with Crippen LogP contribution in [-0.2, 0) is 15.0 Å². The summed E-state index contributed by atoms with van der Waals surface area (Å²) in [7, 11) is -4.92. The summed E-state index contributed by atoms with van der Waals surface area (Å²) in [5.74, 6) is -2.64. The Labute approximate surface area is 200 Å². The molecule has 1 atom stereocenters. The molecule has 2 saturated heterocycles. The third-order valence-corrected chi connectivity index (χ3v) is 5.65. The van der Waals surface area contributed by atoms with Gasteiger partial charge in [-0.3, -0.25) is 24.7 Å². The molecule has 9 amide bonds. The maximum atomic E-state index is 12.6. The van der Waals surface area contributed by atoms with Crippen molar-refractivity contribution in [2.45, 2.75) is 12.5 Å². The van der Waals surface area contributed by atoms with E-state index in [0.29, 0.717) is 14.8 Å². The largest absolute Gasteiger partial charge is 0.503 e. The van der Waals surface area contributed by atoms with Gasteiger partial charge in [-0.15, -0.1) is 0 Å². The minimum atomic E-state index is -4.92. The molecule has 36 heavy (non-hydrogen) atoms. The number of carbonyl (C=O) groups excluding carboxylic acids is 5. The van der Waals surface area contributed by atoms with Gasteiger partial charge in [0.05, 0.1) is 6.54 Å². The molecular weight excluding hydrogens is 512 g/mol. The number of aromatic amines is 1. The SMILES string of the molecule is O=C(O)NC1CN(C(=O)NS(=O)(=O)NC(=O)N2CCCN(NC(=O)c3cc(=O)c(O)c[nH]3)C2=O)C1=O. The maximum Gasteiger partial charge on any atom is 0.405 e. The summed E-state index contributed by atoms with van der Waals surface area (Å²) in [5.41, 5.74) is 0.934. The average Bonchev–Trinajstić information content (AvgIpc) is 2.78. The van der Waals surface area contributed by atoms with Gasteiger partial charge in [0, 0.05) is 25.4 Å². The van der Waals surface area contributed by atoms with Crippen molar-refractivity contribution in [2.75, 3.05) is 19.6 Å². The molecule has 1 unspecified atom stereocenters. The van der Waals surface area contributed by atoms with Crippen LogP contribution in [0.25, 0.3) is 0 Å². The number of aromatic hydroxyl groups is 1. The van der Waals surface area contributed by atoms with E-state index >= 15 is 0 Å². The number of β-lactam (4-membered cyclic amide) rings is 1. The van der Waals surface area contributed by atoms with Crippen LogP contribution < -0.4 is 25.6 Å². The molecule has 0 radical (unpaired) electrons. The fourth-order valence-corrected chi connectivity index (χ4v) is 3.76. The molecule has 3 rings (SSSR count). The fourth-order valence-electron chi connectivity index (χ4n) is 3.03. The Kier molecular flexibility index (Phi) is 6.99. The first-order chi connectivity index (χ1) is 16.8. The first kappa shape index (κ1) is 25.7. The van der Waals surface area contributed by atoms with E-state index in [0.717, 1.165) is 12.3 Å². The first-order valence-electron chi connectivity index (χ1n) is 9.80. The number of rotatable bonds is 5. The van der Waals surface area contributed by atoms with Gasteiger partial charge in [0.25, 0.3) is 11.8 Å². The van der Waals surface area contributed by atoms with E-state index in [4.69, 9.17) is 5.11 Å². The number of aromatic nitrogens is 1. The molecule has 2 aliphatic rings. The number of urea groups is 3. The van der Waals surface area contributed by atoms with Crippen LogP contribution in [0.4, 0.5) is 19.2 Å². The summed E-state index contributed by atoms with van der Waals surface area (Å²) in [4.78, 5) is 86.0. The summed E-state index contributed by atoms with van der Waals surface area (Å²) >= 11 is 0. The lowest BCUT2D eigenvalue weighted by Crippen LogP contribution is -2.68. The normalized spacial score (nSPS) is 17.7. The number of carbonyl (C=O) groups is 6. The van der Waals surface area contributed by atoms with Crippen LogP contribution in [0.2, 0.25) is 0 Å². The van der Waals surface area contributed by atoms with Crippen molar-refractivity contribution in [2.24, 2.45) is 0 Å². The molecule has 3 heterocycles. The van der Waals surface area contributed by atoms with Crippen molar-refractivity contribution >= 4 is 46.2 Å². The van der Waals surface area contributed by atoms with Crippen LogP contribution in [0.5, 0.6) is 5.75 Å². The van der Waals surface area contributed by atoms with Crippen LogP contribution in [0, 0.1) is 0 Å². The Morgan fingerprint density at radius 2 is 1.67 bits per heavy atom. The highest BCUT2D eigenvalue weighted by atomic mass is 32.2. The van der Waals surface area contributed by atoms with Gasteiger partial charge in [-0.2, -0.15) is 8.42 Å². The van der Waals surface area contributed by atoms with Crippen molar-refractivity contribution in [3.63, 3.8) is 0 Å². The number of amides is 9. The fraction of sp³-hybridized carbons (Fsp3) is 0.312. The first-order valence-corrected chi connectivity index (χ1v) is 11.3. The minimum Gasteiger partial charge on any atom is -0.503 e. The molecule has 0 saturated carbocycles. The highest BCUT2D eigenvalue weighted by Crippen LogP contribution is 2.11. The van der Waals surface area contributed by atoms with E-state index < -0.39 is 70.0 Å². The molecule has 0 aromatic carbocycles. The number of likely N-dealkylation sites (tertiary alicyclic amines) is 1. The molecule has 0 aliphatic carbocycles. The average molecular weight is 530 g/mol. The molecule has 2 fully saturated rings. The third-order valence-electron chi connectivity index (χ3n) is 4.76. The van der Waals surface area contributed by atoms with E-state index in [1.807, 2.05) is 5.32 Å². The Morgan fingerprint density at radius 1 is 1.03 bits per heavy atom. The number of hydrogen-bond acceptors (Lipinski definition) is 10. The lowest BCUT2D eigenvalue weighted by Gasteiger charge is -2.36. The van der Waals surface area contributed by atoms with Gasteiger partial charge in [-0.05, 0) is 6.42 Å². The number of pyridine rings is 1. The number of imide groups is 2. The van der Waals surface area contributed by atoms with Gasteiger partial charge >= 0.3 is 34.4 Å². The van der Waals surface area contributed by atoms with Crippen molar-refractivity contribution in [3.8, 4) is 5.75 Å². The standard InChI is InChI=1S/C16H18N8O11S/c25-9-4-7(17-5-10(9)26)11(27)19-24-3-1-2-22(16(24)33)13(29)20-36(34,35)21-14(30)23-6-8(12(23)28)18-15(31)32/h4-5,8,18,26H,1-3,6H2,(H,17,25)(H,19,27)(H,20,29)(H,21,30)(H,31,32). The highest BCUT2D eigenvalue weighted by molar-refractivity contribution is 7.88. The van der Waals surface area contributed by atoms with E-state index in [1.165, 1.54) is 9.44 Å². The lowest BCUT2D eigenvalue weighted by atomic mass is 10.1.